The molecule has 0 radical (unpaired) electrons. The molecule has 1 aliphatic heterocycles. The van der Waals surface area contributed by atoms with Crippen LogP contribution in [0.15, 0.2) is 18.2 Å². The van der Waals surface area contributed by atoms with Crippen LogP contribution in [-0.2, 0) is 4.74 Å². The second-order valence-corrected chi connectivity index (χ2v) is 6.23. The van der Waals surface area contributed by atoms with Crippen molar-refractivity contribution in [1.29, 1.82) is 0 Å². The molecule has 5 heteroatoms. The molecule has 0 N–H and O–H groups in total. The Balaban J connectivity index is 1.94. The number of ether oxygens (including phenoxy) is 1. The van der Waals surface area contributed by atoms with Crippen LogP contribution in [0.5, 0.6) is 0 Å². The zero-order valence-corrected chi connectivity index (χ0v) is 12.7. The minimum Gasteiger partial charge on any atom is -0.379 e. The van der Waals surface area contributed by atoms with E-state index in [1.165, 1.54) is 12.1 Å². The molecule has 0 spiro atoms. The van der Waals surface area contributed by atoms with Gasteiger partial charge < -0.3 is 4.74 Å². The van der Waals surface area contributed by atoms with Gasteiger partial charge in [-0.1, -0.05) is 24.4 Å². The summed E-state index contributed by atoms with van der Waals surface area (Å²) in [5, 5.41) is 0.316. The van der Waals surface area contributed by atoms with Crippen LogP contribution in [0.2, 0.25) is 5.02 Å². The Bertz CT molecular complexity index is 537. The number of rotatable bonds is 3. The second kappa shape index (κ2) is 6.03. The highest BCUT2D eigenvalue weighted by Crippen LogP contribution is 2.39. The van der Waals surface area contributed by atoms with Gasteiger partial charge in [0.25, 0.3) is 0 Å². The van der Waals surface area contributed by atoms with Crippen molar-refractivity contribution in [3.8, 4) is 0 Å². The van der Waals surface area contributed by atoms with Gasteiger partial charge in [-0.25, -0.2) is 4.39 Å². The SMILES string of the molecule is O=C(c1ccc(Cl)cc1F)C1(N2CCOCC2)CCCC1. The summed E-state index contributed by atoms with van der Waals surface area (Å²) in [6.45, 7) is 2.75. The fourth-order valence-electron chi connectivity index (χ4n) is 3.56. The van der Waals surface area contributed by atoms with Crippen molar-refractivity contribution in [3.05, 3.63) is 34.6 Å². The number of Topliss-reactive ketones (excluding diaryl/α,β-unsaturated/α-hetero) is 1. The van der Waals surface area contributed by atoms with E-state index in [0.717, 1.165) is 38.8 Å². The summed E-state index contributed by atoms with van der Waals surface area (Å²) in [7, 11) is 0. The second-order valence-electron chi connectivity index (χ2n) is 5.79. The van der Waals surface area contributed by atoms with E-state index >= 15 is 0 Å². The molecule has 2 aliphatic rings. The van der Waals surface area contributed by atoms with Crippen molar-refractivity contribution in [3.63, 3.8) is 0 Å². The van der Waals surface area contributed by atoms with Crippen LogP contribution in [-0.4, -0.2) is 42.5 Å². The van der Waals surface area contributed by atoms with Crippen molar-refractivity contribution < 1.29 is 13.9 Å². The average Bonchev–Trinajstić information content (AvgIpc) is 2.98. The van der Waals surface area contributed by atoms with Crippen molar-refractivity contribution in [2.24, 2.45) is 0 Å². The third kappa shape index (κ3) is 2.72. The summed E-state index contributed by atoms with van der Waals surface area (Å²) in [4.78, 5) is 15.2. The van der Waals surface area contributed by atoms with Gasteiger partial charge in [-0.15, -0.1) is 0 Å². The Morgan fingerprint density at radius 3 is 2.52 bits per heavy atom. The maximum Gasteiger partial charge on any atom is 0.186 e. The Labute approximate surface area is 129 Å². The monoisotopic (exact) mass is 311 g/mol. The molecule has 21 heavy (non-hydrogen) atoms. The number of hydrogen-bond donors (Lipinski definition) is 0. The van der Waals surface area contributed by atoms with E-state index in [-0.39, 0.29) is 11.3 Å². The highest BCUT2D eigenvalue weighted by atomic mass is 35.5. The molecule has 114 valence electrons. The summed E-state index contributed by atoms with van der Waals surface area (Å²) < 4.78 is 19.5. The minimum absolute atomic E-state index is 0.101. The minimum atomic E-state index is -0.557. The molecule has 1 aliphatic carbocycles. The zero-order chi connectivity index (χ0) is 14.9. The van der Waals surface area contributed by atoms with Crippen LogP contribution in [0.4, 0.5) is 4.39 Å². The number of morpholine rings is 1. The molecule has 1 aromatic rings. The summed E-state index contributed by atoms with van der Waals surface area (Å²) in [5.74, 6) is -0.622. The Hall–Kier alpha value is -0.970. The molecular weight excluding hydrogens is 293 g/mol. The first-order chi connectivity index (χ1) is 10.1. The van der Waals surface area contributed by atoms with Gasteiger partial charge in [0.2, 0.25) is 0 Å². The van der Waals surface area contributed by atoms with E-state index in [2.05, 4.69) is 4.90 Å². The Morgan fingerprint density at radius 2 is 1.90 bits per heavy atom. The number of benzene rings is 1. The van der Waals surface area contributed by atoms with Crippen LogP contribution in [0, 0.1) is 5.82 Å². The summed E-state index contributed by atoms with van der Waals surface area (Å²) in [5.41, 5.74) is -0.397. The molecular formula is C16H19ClFNO2. The van der Waals surface area contributed by atoms with Gasteiger partial charge in [0, 0.05) is 18.1 Å². The first-order valence-corrected chi connectivity index (χ1v) is 7.84. The number of carbonyl (C=O) groups excluding carboxylic acids is 1. The first-order valence-electron chi connectivity index (χ1n) is 7.46. The van der Waals surface area contributed by atoms with Gasteiger partial charge in [-0.2, -0.15) is 0 Å². The molecule has 1 saturated carbocycles. The highest BCUT2D eigenvalue weighted by Gasteiger charge is 2.47. The van der Waals surface area contributed by atoms with Gasteiger partial charge in [-0.05, 0) is 31.0 Å². The fourth-order valence-corrected chi connectivity index (χ4v) is 3.72. The predicted molar refractivity (Wildman–Crippen MR) is 79.3 cm³/mol. The molecule has 0 bridgehead atoms. The third-order valence-corrected chi connectivity index (χ3v) is 4.88. The molecule has 0 unspecified atom stereocenters. The van der Waals surface area contributed by atoms with Crippen LogP contribution in [0.1, 0.15) is 36.0 Å². The molecule has 1 aromatic carbocycles. The first kappa shape index (κ1) is 14.9. The maximum absolute atomic E-state index is 14.1. The number of ketones is 1. The lowest BCUT2D eigenvalue weighted by Gasteiger charge is -2.42. The van der Waals surface area contributed by atoms with E-state index in [1.54, 1.807) is 6.07 Å². The van der Waals surface area contributed by atoms with E-state index in [4.69, 9.17) is 16.3 Å². The Morgan fingerprint density at radius 1 is 1.24 bits per heavy atom. The lowest BCUT2D eigenvalue weighted by Crippen LogP contribution is -2.56. The largest absolute Gasteiger partial charge is 0.379 e. The molecule has 3 nitrogen and oxygen atoms in total. The smallest absolute Gasteiger partial charge is 0.186 e. The fraction of sp³-hybridized carbons (Fsp3) is 0.562. The summed E-state index contributed by atoms with van der Waals surface area (Å²) in [6.07, 6.45) is 3.62. The van der Waals surface area contributed by atoms with E-state index in [0.29, 0.717) is 18.2 Å². The summed E-state index contributed by atoms with van der Waals surface area (Å²) in [6, 6.07) is 4.32. The number of nitrogens with zero attached hydrogens (tertiary/aromatic N) is 1. The third-order valence-electron chi connectivity index (χ3n) is 4.65. The van der Waals surface area contributed by atoms with Crippen molar-refractivity contribution in [2.45, 2.75) is 31.2 Å². The van der Waals surface area contributed by atoms with Crippen LogP contribution in [0.3, 0.4) is 0 Å². The molecule has 3 rings (SSSR count). The van der Waals surface area contributed by atoms with Crippen LogP contribution >= 0.6 is 11.6 Å². The van der Waals surface area contributed by atoms with Crippen molar-refractivity contribution in [1.82, 2.24) is 4.90 Å². The highest BCUT2D eigenvalue weighted by molar-refractivity contribution is 6.30. The number of carbonyl (C=O) groups is 1. The molecule has 0 aromatic heterocycles. The van der Waals surface area contributed by atoms with Crippen molar-refractivity contribution in [2.75, 3.05) is 26.3 Å². The van der Waals surface area contributed by atoms with Gasteiger partial charge in [-0.3, -0.25) is 9.69 Å². The standard InChI is InChI=1S/C16H19ClFNO2/c17-12-3-4-13(14(18)11-12)15(20)16(5-1-2-6-16)19-7-9-21-10-8-19/h3-4,11H,1-2,5-10H2. The van der Waals surface area contributed by atoms with Gasteiger partial charge in [0.05, 0.1) is 24.3 Å². The molecule has 1 heterocycles. The summed E-state index contributed by atoms with van der Waals surface area (Å²) >= 11 is 5.79. The lowest BCUT2D eigenvalue weighted by atomic mass is 9.85. The average molecular weight is 312 g/mol. The number of halogens is 2. The van der Waals surface area contributed by atoms with Crippen LogP contribution in [0.25, 0.3) is 0 Å². The van der Waals surface area contributed by atoms with Crippen LogP contribution < -0.4 is 0 Å². The number of hydrogen-bond acceptors (Lipinski definition) is 3. The molecule has 1 saturated heterocycles. The molecule has 2 fully saturated rings. The lowest BCUT2D eigenvalue weighted by molar-refractivity contribution is -0.0131. The predicted octanol–water partition coefficient (Wildman–Crippen LogP) is 3.31. The van der Waals surface area contributed by atoms with E-state index < -0.39 is 11.4 Å². The van der Waals surface area contributed by atoms with Gasteiger partial charge >= 0.3 is 0 Å². The molecule has 0 atom stereocenters. The van der Waals surface area contributed by atoms with E-state index in [9.17, 15) is 9.18 Å². The zero-order valence-electron chi connectivity index (χ0n) is 11.9. The molecule has 0 amide bonds. The Kier molecular flexibility index (Phi) is 4.29. The van der Waals surface area contributed by atoms with Crippen molar-refractivity contribution >= 4 is 17.4 Å². The van der Waals surface area contributed by atoms with E-state index in [1.807, 2.05) is 0 Å². The normalized spacial score (nSPS) is 22.4. The quantitative estimate of drug-likeness (QED) is 0.802. The topological polar surface area (TPSA) is 29.5 Å². The maximum atomic E-state index is 14.1. The van der Waals surface area contributed by atoms with Gasteiger partial charge in [0.1, 0.15) is 5.82 Å². The van der Waals surface area contributed by atoms with Gasteiger partial charge in [0.15, 0.2) is 5.78 Å².